The van der Waals surface area contributed by atoms with Crippen LogP contribution in [0.15, 0.2) is 18.2 Å². The second-order valence-corrected chi connectivity index (χ2v) is 5.78. The molecule has 0 amide bonds. The van der Waals surface area contributed by atoms with Gasteiger partial charge in [-0.3, -0.25) is 0 Å². The Morgan fingerprint density at radius 2 is 1.92 bits per heavy atom. The van der Waals surface area contributed by atoms with E-state index in [9.17, 15) is 0 Å². The summed E-state index contributed by atoms with van der Waals surface area (Å²) in [5, 5.41) is 1.31. The number of rotatable bonds is 1. The lowest BCUT2D eigenvalue weighted by atomic mass is 10.1. The van der Waals surface area contributed by atoms with Crippen molar-refractivity contribution in [2.75, 3.05) is 0 Å². The number of hydrogen-bond donors (Lipinski definition) is 1. The second-order valence-electron chi connectivity index (χ2n) is 2.70. The summed E-state index contributed by atoms with van der Waals surface area (Å²) in [5.74, 6) is 0. The van der Waals surface area contributed by atoms with Crippen LogP contribution in [0.2, 0.25) is 10.0 Å². The summed E-state index contributed by atoms with van der Waals surface area (Å²) < 4.78 is -0.472. The maximum absolute atomic E-state index is 5.94. The molecular formula is C8H9Cl3IN. The zero-order valence-electron chi connectivity index (χ0n) is 6.85. The third-order valence-electron chi connectivity index (χ3n) is 1.46. The van der Waals surface area contributed by atoms with Crippen molar-refractivity contribution in [2.24, 2.45) is 5.73 Å². The van der Waals surface area contributed by atoms with Crippen molar-refractivity contribution in [2.45, 2.75) is 10.5 Å². The third-order valence-corrected chi connectivity index (χ3v) is 2.60. The molecule has 1 atom stereocenters. The Bertz CT molecular complexity index is 296. The summed E-state index contributed by atoms with van der Waals surface area (Å²) in [6.07, 6.45) is 0. The summed E-state index contributed by atoms with van der Waals surface area (Å²) in [4.78, 5) is 0. The first-order valence-electron chi connectivity index (χ1n) is 3.34. The summed E-state index contributed by atoms with van der Waals surface area (Å²) in [6.45, 7) is 1.88. The molecule has 0 unspecified atom stereocenters. The highest BCUT2D eigenvalue weighted by Crippen LogP contribution is 2.32. The Hall–Kier alpha value is 0.780. The Balaban J connectivity index is 0.00000144. The molecule has 0 heterocycles. The van der Waals surface area contributed by atoms with Crippen molar-refractivity contribution >= 4 is 58.2 Å². The molecule has 1 aromatic rings. The standard InChI is InChI=1S/C8H8Cl2IN.ClH/c1-8(11,12)6-4-5(9)2-3-7(6)10;/h2-4H,12H2,1H3;1H/t8-;/m0./s1. The molecule has 74 valence electrons. The quantitative estimate of drug-likeness (QED) is 0.462. The average Bonchev–Trinajstić information content (AvgIpc) is 1.92. The van der Waals surface area contributed by atoms with Gasteiger partial charge in [0, 0.05) is 15.6 Å². The molecule has 1 rings (SSSR count). The van der Waals surface area contributed by atoms with Crippen molar-refractivity contribution in [1.82, 2.24) is 0 Å². The first-order chi connectivity index (χ1) is 5.41. The van der Waals surface area contributed by atoms with Crippen molar-refractivity contribution in [3.63, 3.8) is 0 Å². The van der Waals surface area contributed by atoms with Gasteiger partial charge in [0.15, 0.2) is 0 Å². The SMILES string of the molecule is C[C@@](N)(I)c1cc(Cl)ccc1Cl.Cl. The number of alkyl halides is 1. The van der Waals surface area contributed by atoms with Crippen LogP contribution in [0.3, 0.4) is 0 Å². The van der Waals surface area contributed by atoms with Gasteiger partial charge in [0.05, 0.1) is 3.55 Å². The third kappa shape index (κ3) is 3.80. The van der Waals surface area contributed by atoms with Crippen LogP contribution in [-0.4, -0.2) is 0 Å². The molecule has 0 saturated carbocycles. The van der Waals surface area contributed by atoms with Crippen LogP contribution >= 0.6 is 58.2 Å². The summed E-state index contributed by atoms with van der Waals surface area (Å²) in [5.41, 5.74) is 6.73. The normalized spacial score (nSPS) is 14.5. The van der Waals surface area contributed by atoms with E-state index in [0.717, 1.165) is 5.56 Å². The number of benzene rings is 1. The summed E-state index contributed by atoms with van der Waals surface area (Å²) >= 11 is 13.9. The molecule has 0 saturated heterocycles. The van der Waals surface area contributed by atoms with E-state index in [-0.39, 0.29) is 12.4 Å². The summed E-state index contributed by atoms with van der Waals surface area (Å²) in [6, 6.07) is 5.29. The Kier molecular flexibility index (Phi) is 5.33. The molecule has 13 heavy (non-hydrogen) atoms. The molecule has 1 aromatic carbocycles. The number of halogens is 4. The van der Waals surface area contributed by atoms with Crippen molar-refractivity contribution in [1.29, 1.82) is 0 Å². The van der Waals surface area contributed by atoms with E-state index >= 15 is 0 Å². The average molecular weight is 352 g/mol. The first kappa shape index (κ1) is 13.8. The van der Waals surface area contributed by atoms with E-state index in [1.807, 2.05) is 6.92 Å². The predicted molar refractivity (Wildman–Crippen MR) is 69.3 cm³/mol. The van der Waals surface area contributed by atoms with Gasteiger partial charge >= 0.3 is 0 Å². The lowest BCUT2D eigenvalue weighted by molar-refractivity contribution is 0.780. The van der Waals surface area contributed by atoms with Crippen LogP contribution in [0.1, 0.15) is 12.5 Å². The minimum Gasteiger partial charge on any atom is -0.313 e. The topological polar surface area (TPSA) is 26.0 Å². The molecule has 0 aromatic heterocycles. The van der Waals surface area contributed by atoms with Crippen molar-refractivity contribution in [3.05, 3.63) is 33.8 Å². The summed E-state index contributed by atoms with van der Waals surface area (Å²) in [7, 11) is 0. The lowest BCUT2D eigenvalue weighted by Gasteiger charge is -2.18. The highest BCUT2D eigenvalue weighted by atomic mass is 127. The van der Waals surface area contributed by atoms with Gasteiger partial charge in [-0.25, -0.2) is 0 Å². The largest absolute Gasteiger partial charge is 0.313 e. The fourth-order valence-corrected chi connectivity index (χ4v) is 1.96. The monoisotopic (exact) mass is 351 g/mol. The maximum Gasteiger partial charge on any atom is 0.0921 e. The molecule has 0 bridgehead atoms. The second kappa shape index (κ2) is 5.03. The van der Waals surface area contributed by atoms with Crippen LogP contribution < -0.4 is 5.73 Å². The van der Waals surface area contributed by atoms with E-state index in [0.29, 0.717) is 10.0 Å². The van der Waals surface area contributed by atoms with Gasteiger partial charge in [-0.15, -0.1) is 12.4 Å². The molecule has 1 nitrogen and oxygen atoms in total. The van der Waals surface area contributed by atoms with E-state index < -0.39 is 3.55 Å². The van der Waals surface area contributed by atoms with Crippen LogP contribution in [-0.2, 0) is 3.55 Å². The highest BCUT2D eigenvalue weighted by molar-refractivity contribution is 14.1. The molecule has 0 aliphatic heterocycles. The number of nitrogens with two attached hydrogens (primary N) is 1. The zero-order valence-corrected chi connectivity index (χ0v) is 11.3. The van der Waals surface area contributed by atoms with Gasteiger partial charge < -0.3 is 5.73 Å². The molecule has 0 fully saturated rings. The van der Waals surface area contributed by atoms with Gasteiger partial charge in [0.1, 0.15) is 0 Å². The highest BCUT2D eigenvalue weighted by Gasteiger charge is 2.19. The molecular weight excluding hydrogens is 343 g/mol. The molecule has 0 aliphatic carbocycles. The Morgan fingerprint density at radius 1 is 1.38 bits per heavy atom. The molecule has 2 N–H and O–H groups in total. The van der Waals surface area contributed by atoms with Gasteiger partial charge in [-0.1, -0.05) is 45.8 Å². The minimum absolute atomic E-state index is 0. The molecule has 0 aliphatic rings. The van der Waals surface area contributed by atoms with E-state index in [1.165, 1.54) is 0 Å². The van der Waals surface area contributed by atoms with E-state index in [2.05, 4.69) is 22.6 Å². The van der Waals surface area contributed by atoms with Gasteiger partial charge in [0.25, 0.3) is 0 Å². The van der Waals surface area contributed by atoms with Gasteiger partial charge in [-0.2, -0.15) is 0 Å². The van der Waals surface area contributed by atoms with E-state index in [1.54, 1.807) is 18.2 Å². The first-order valence-corrected chi connectivity index (χ1v) is 5.18. The Morgan fingerprint density at radius 3 is 2.31 bits per heavy atom. The van der Waals surface area contributed by atoms with Crippen LogP contribution in [0, 0.1) is 0 Å². The molecule has 5 heteroatoms. The van der Waals surface area contributed by atoms with Crippen molar-refractivity contribution in [3.8, 4) is 0 Å². The number of hydrogen-bond acceptors (Lipinski definition) is 1. The van der Waals surface area contributed by atoms with Crippen molar-refractivity contribution < 1.29 is 0 Å². The van der Waals surface area contributed by atoms with Crippen LogP contribution in [0.5, 0.6) is 0 Å². The Labute approximate surface area is 108 Å². The van der Waals surface area contributed by atoms with Gasteiger partial charge in [0.2, 0.25) is 0 Å². The maximum atomic E-state index is 5.94. The fraction of sp³-hybridized carbons (Fsp3) is 0.250. The molecule has 0 spiro atoms. The lowest BCUT2D eigenvalue weighted by Crippen LogP contribution is -2.24. The predicted octanol–water partition coefficient (Wildman–Crippen LogP) is 3.98. The minimum atomic E-state index is -0.472. The fourth-order valence-electron chi connectivity index (χ4n) is 0.872. The molecule has 0 radical (unpaired) electrons. The zero-order chi connectivity index (χ0) is 9.35. The van der Waals surface area contributed by atoms with Crippen LogP contribution in [0.4, 0.5) is 0 Å². The van der Waals surface area contributed by atoms with Crippen LogP contribution in [0.25, 0.3) is 0 Å². The van der Waals surface area contributed by atoms with E-state index in [4.69, 9.17) is 28.9 Å². The smallest absolute Gasteiger partial charge is 0.0921 e. The van der Waals surface area contributed by atoms with Gasteiger partial charge in [-0.05, 0) is 25.1 Å².